The molecule has 1 aliphatic rings. The van der Waals surface area contributed by atoms with E-state index in [-0.39, 0.29) is 34.6 Å². The number of ether oxygens (including phenoxy) is 2. The van der Waals surface area contributed by atoms with Gasteiger partial charge in [0.05, 0.1) is 25.7 Å². The third kappa shape index (κ3) is 4.84. The van der Waals surface area contributed by atoms with Crippen LogP contribution >= 0.6 is 0 Å². The Morgan fingerprint density at radius 2 is 2.00 bits per heavy atom. The molecule has 0 bridgehead atoms. The summed E-state index contributed by atoms with van der Waals surface area (Å²) >= 11 is 0. The largest absolute Gasteiger partial charge is 0.497 e. The lowest BCUT2D eigenvalue weighted by Crippen LogP contribution is -2.25. The fourth-order valence-corrected chi connectivity index (χ4v) is 5.94. The van der Waals surface area contributed by atoms with Gasteiger partial charge >= 0.3 is 0 Å². The average molecular weight is 377 g/mol. The van der Waals surface area contributed by atoms with Crippen molar-refractivity contribution >= 4 is 19.9 Å². The number of hydrogen-bond donors (Lipinski definition) is 1. The fraction of sp³-hybridized carbons (Fsp3) is 0.600. The van der Waals surface area contributed by atoms with Crippen LogP contribution in [0.1, 0.15) is 19.3 Å². The highest BCUT2D eigenvalue weighted by atomic mass is 32.2. The Hall–Kier alpha value is -1.32. The van der Waals surface area contributed by atoms with Gasteiger partial charge in [-0.2, -0.15) is 0 Å². The molecule has 0 spiro atoms. The summed E-state index contributed by atoms with van der Waals surface area (Å²) in [6, 6.07) is 4.57. The summed E-state index contributed by atoms with van der Waals surface area (Å²) in [6.45, 7) is 0.249. The maximum absolute atomic E-state index is 12.4. The van der Waals surface area contributed by atoms with E-state index >= 15 is 0 Å². The van der Waals surface area contributed by atoms with Crippen LogP contribution in [0.25, 0.3) is 0 Å². The van der Waals surface area contributed by atoms with Crippen molar-refractivity contribution in [3.8, 4) is 11.5 Å². The molecule has 2 rings (SSSR count). The van der Waals surface area contributed by atoms with Crippen molar-refractivity contribution in [2.45, 2.75) is 24.2 Å². The Morgan fingerprint density at radius 1 is 1.25 bits per heavy atom. The van der Waals surface area contributed by atoms with E-state index in [1.165, 1.54) is 26.4 Å². The fourth-order valence-electron chi connectivity index (χ4n) is 2.77. The van der Waals surface area contributed by atoms with Crippen LogP contribution in [-0.4, -0.2) is 49.1 Å². The second kappa shape index (κ2) is 7.71. The van der Waals surface area contributed by atoms with Crippen LogP contribution < -0.4 is 14.2 Å². The van der Waals surface area contributed by atoms with Gasteiger partial charge in [-0.15, -0.1) is 0 Å². The van der Waals surface area contributed by atoms with Crippen LogP contribution in [0, 0.1) is 5.92 Å². The van der Waals surface area contributed by atoms with E-state index in [9.17, 15) is 16.8 Å². The van der Waals surface area contributed by atoms with Crippen molar-refractivity contribution in [1.29, 1.82) is 0 Å². The van der Waals surface area contributed by atoms with Crippen molar-refractivity contribution < 1.29 is 26.3 Å². The molecule has 1 N–H and O–H groups in total. The molecule has 1 saturated heterocycles. The topological polar surface area (TPSA) is 98.8 Å². The number of rotatable bonds is 8. The standard InChI is InChI=1S/C15H23NO6S2/c1-21-13-5-6-14(22-2)15(10-13)24(19,20)16-8-3-4-12-7-9-23(17,18)11-12/h5-6,10,12,16H,3-4,7-9,11H2,1-2H3. The maximum atomic E-state index is 12.4. The number of benzene rings is 1. The van der Waals surface area contributed by atoms with E-state index in [1.54, 1.807) is 6.07 Å². The first kappa shape index (κ1) is 19.0. The molecule has 1 aromatic carbocycles. The smallest absolute Gasteiger partial charge is 0.244 e. The van der Waals surface area contributed by atoms with Crippen LogP contribution in [0.5, 0.6) is 11.5 Å². The summed E-state index contributed by atoms with van der Waals surface area (Å²) in [7, 11) is -3.75. The molecule has 0 aromatic heterocycles. The molecule has 24 heavy (non-hydrogen) atoms. The molecule has 0 radical (unpaired) electrons. The van der Waals surface area contributed by atoms with Crippen LogP contribution in [0.2, 0.25) is 0 Å². The molecule has 1 fully saturated rings. The lowest BCUT2D eigenvalue weighted by Gasteiger charge is -2.13. The van der Waals surface area contributed by atoms with Gasteiger partial charge in [0, 0.05) is 12.6 Å². The number of sulfone groups is 1. The van der Waals surface area contributed by atoms with E-state index in [1.807, 2.05) is 0 Å². The monoisotopic (exact) mass is 377 g/mol. The normalized spacial score (nSPS) is 20.0. The molecule has 0 aliphatic carbocycles. The molecule has 136 valence electrons. The van der Waals surface area contributed by atoms with Crippen LogP contribution in [0.3, 0.4) is 0 Å². The van der Waals surface area contributed by atoms with Gasteiger partial charge in [-0.3, -0.25) is 0 Å². The highest BCUT2D eigenvalue weighted by Gasteiger charge is 2.27. The summed E-state index contributed by atoms with van der Waals surface area (Å²) in [6.07, 6.45) is 1.95. The van der Waals surface area contributed by atoms with Gasteiger partial charge in [-0.1, -0.05) is 0 Å². The van der Waals surface area contributed by atoms with Crippen molar-refractivity contribution in [2.75, 3.05) is 32.3 Å². The molecular weight excluding hydrogens is 354 g/mol. The van der Waals surface area contributed by atoms with Crippen LogP contribution in [0.4, 0.5) is 0 Å². The maximum Gasteiger partial charge on any atom is 0.244 e. The van der Waals surface area contributed by atoms with Gasteiger partial charge in [0.25, 0.3) is 0 Å². The molecule has 1 unspecified atom stereocenters. The van der Waals surface area contributed by atoms with Gasteiger partial charge in [0.15, 0.2) is 9.84 Å². The minimum absolute atomic E-state index is 0.0211. The molecule has 7 nitrogen and oxygen atoms in total. The number of methoxy groups -OCH3 is 2. The summed E-state index contributed by atoms with van der Waals surface area (Å²) in [5.41, 5.74) is 0. The number of nitrogens with one attached hydrogen (secondary N) is 1. The third-order valence-corrected chi connectivity index (χ3v) is 7.39. The second-order valence-corrected chi connectivity index (χ2v) is 9.79. The Labute approximate surface area is 143 Å². The lowest BCUT2D eigenvalue weighted by molar-refractivity contribution is 0.392. The van der Waals surface area contributed by atoms with Gasteiger partial charge in [-0.25, -0.2) is 21.6 Å². The summed E-state index contributed by atoms with van der Waals surface area (Å²) in [5, 5.41) is 0. The molecule has 1 aliphatic heterocycles. The minimum Gasteiger partial charge on any atom is -0.497 e. The van der Waals surface area contributed by atoms with Gasteiger partial charge in [0.1, 0.15) is 16.4 Å². The molecule has 9 heteroatoms. The molecule has 1 aromatic rings. The zero-order chi connectivity index (χ0) is 17.8. The van der Waals surface area contributed by atoms with E-state index in [0.717, 1.165) is 0 Å². The second-order valence-electron chi connectivity index (χ2n) is 5.83. The number of sulfonamides is 1. The predicted molar refractivity (Wildman–Crippen MR) is 90.7 cm³/mol. The first-order valence-electron chi connectivity index (χ1n) is 7.69. The van der Waals surface area contributed by atoms with Crippen LogP contribution in [0.15, 0.2) is 23.1 Å². The lowest BCUT2D eigenvalue weighted by atomic mass is 10.0. The first-order chi connectivity index (χ1) is 11.3. The quantitative estimate of drug-likeness (QED) is 0.684. The molecular formula is C15H23NO6S2. The third-order valence-electron chi connectivity index (χ3n) is 4.07. The summed E-state index contributed by atoms with van der Waals surface area (Å²) in [5.74, 6) is 1.25. The summed E-state index contributed by atoms with van der Waals surface area (Å²) < 4.78 is 60.4. The van der Waals surface area contributed by atoms with E-state index in [2.05, 4.69) is 4.72 Å². The highest BCUT2D eigenvalue weighted by Crippen LogP contribution is 2.28. The summed E-state index contributed by atoms with van der Waals surface area (Å²) in [4.78, 5) is 0.0211. The van der Waals surface area contributed by atoms with Gasteiger partial charge in [-0.05, 0) is 37.3 Å². The van der Waals surface area contributed by atoms with Crippen molar-refractivity contribution in [3.63, 3.8) is 0 Å². The zero-order valence-electron chi connectivity index (χ0n) is 13.8. The first-order valence-corrected chi connectivity index (χ1v) is 11.0. The van der Waals surface area contributed by atoms with Gasteiger partial charge < -0.3 is 9.47 Å². The van der Waals surface area contributed by atoms with Crippen molar-refractivity contribution in [1.82, 2.24) is 4.72 Å². The Balaban J connectivity index is 1.94. The van der Waals surface area contributed by atoms with E-state index < -0.39 is 19.9 Å². The van der Waals surface area contributed by atoms with Crippen molar-refractivity contribution in [2.24, 2.45) is 5.92 Å². The highest BCUT2D eigenvalue weighted by molar-refractivity contribution is 7.91. The Morgan fingerprint density at radius 3 is 2.58 bits per heavy atom. The molecule has 0 amide bonds. The van der Waals surface area contributed by atoms with E-state index in [4.69, 9.17) is 9.47 Å². The molecule has 0 saturated carbocycles. The molecule has 1 heterocycles. The Kier molecular flexibility index (Phi) is 6.11. The van der Waals surface area contributed by atoms with E-state index in [0.29, 0.717) is 25.0 Å². The average Bonchev–Trinajstić information content (AvgIpc) is 2.90. The molecule has 1 atom stereocenters. The number of hydrogen-bond acceptors (Lipinski definition) is 6. The van der Waals surface area contributed by atoms with Crippen LogP contribution in [-0.2, 0) is 19.9 Å². The predicted octanol–water partition coefficient (Wildman–Crippen LogP) is 1.20. The van der Waals surface area contributed by atoms with Crippen molar-refractivity contribution in [3.05, 3.63) is 18.2 Å². The minimum atomic E-state index is -3.73. The Bertz CT molecular complexity index is 773. The van der Waals surface area contributed by atoms with Gasteiger partial charge in [0.2, 0.25) is 10.0 Å². The zero-order valence-corrected chi connectivity index (χ0v) is 15.5. The SMILES string of the molecule is COc1ccc(OC)c(S(=O)(=O)NCCCC2CCS(=O)(=O)C2)c1.